The molecule has 244 valence electrons. The molecule has 3 aliphatic heterocycles. The van der Waals surface area contributed by atoms with Gasteiger partial charge in [0, 0.05) is 76.3 Å². The molecule has 4 atom stereocenters. The molecular weight excluding hydrogens is 564 g/mol. The number of carbonyl (C=O) groups is 3. The number of rotatable bonds is 5. The zero-order valence-corrected chi connectivity index (χ0v) is 27.4. The van der Waals surface area contributed by atoms with E-state index in [-0.39, 0.29) is 35.3 Å². The summed E-state index contributed by atoms with van der Waals surface area (Å²) < 4.78 is 29.1. The Bertz CT molecular complexity index is 1220. The van der Waals surface area contributed by atoms with Crippen LogP contribution >= 0.6 is 0 Å². The van der Waals surface area contributed by atoms with Gasteiger partial charge >= 0.3 is 0 Å². The fourth-order valence-corrected chi connectivity index (χ4v) is 8.00. The minimum absolute atomic E-state index is 0.0133. The molecule has 5 rings (SSSR count). The van der Waals surface area contributed by atoms with E-state index in [9.17, 15) is 18.8 Å². The number of benzene rings is 1. The first-order chi connectivity index (χ1) is 20.7. The van der Waals surface area contributed by atoms with Crippen LogP contribution in [-0.2, 0) is 14.4 Å². The molecule has 0 aromatic heterocycles. The fraction of sp³-hybridized carbons (Fsp3) is 0.735. The lowest BCUT2D eigenvalue weighted by molar-refractivity contribution is -0.147. The number of nitrogens with zero attached hydrogens (tertiary/aromatic N) is 5. The SMILES string of the molecule is CC(=O)N(C1CCC(C)CC1)[C@@H]1C[C@H](C(=O)N2CCN(C)CC2)N(C(=O)[C@@H]2CN(C(C)(C)C)C[C@H]2c2ccc(F)cc2F)C1. The number of halogens is 2. The molecule has 1 aromatic carbocycles. The summed E-state index contributed by atoms with van der Waals surface area (Å²) in [7, 11) is 2.04. The van der Waals surface area contributed by atoms with Gasteiger partial charge in [-0.15, -0.1) is 0 Å². The molecule has 3 heterocycles. The first kappa shape index (κ1) is 32.8. The Hall–Kier alpha value is -2.59. The molecule has 3 amide bonds. The van der Waals surface area contributed by atoms with Gasteiger partial charge in [-0.3, -0.25) is 19.3 Å². The number of carbonyl (C=O) groups excluding carboxylic acids is 3. The van der Waals surface area contributed by atoms with Crippen molar-refractivity contribution in [1.82, 2.24) is 24.5 Å². The summed E-state index contributed by atoms with van der Waals surface area (Å²) in [5.41, 5.74) is 0.0616. The summed E-state index contributed by atoms with van der Waals surface area (Å²) in [4.78, 5) is 51.9. The monoisotopic (exact) mass is 615 g/mol. The van der Waals surface area contributed by atoms with Crippen LogP contribution in [0, 0.1) is 23.5 Å². The highest BCUT2D eigenvalue weighted by Crippen LogP contribution is 2.40. The predicted molar refractivity (Wildman–Crippen MR) is 166 cm³/mol. The van der Waals surface area contributed by atoms with E-state index in [1.165, 1.54) is 12.1 Å². The Morgan fingerprint density at radius 3 is 2.14 bits per heavy atom. The van der Waals surface area contributed by atoms with Gasteiger partial charge in [0.05, 0.1) is 12.0 Å². The molecule has 10 heteroatoms. The second kappa shape index (κ2) is 13.0. The molecule has 4 fully saturated rings. The van der Waals surface area contributed by atoms with E-state index < -0.39 is 29.5 Å². The summed E-state index contributed by atoms with van der Waals surface area (Å²) in [5, 5.41) is 0. The standard InChI is InChI=1S/C34H51F2N5O3/c1-22-7-10-25(11-8-22)41(23(2)42)26-18-31(33(44)38-15-13-37(6)14-16-38)40(19-26)32(43)29-21-39(34(3,4)5)20-28(29)27-12-9-24(35)17-30(27)36/h9,12,17,22,25-26,28-29,31H,7-8,10-11,13-16,18-21H2,1-6H3/t22?,25?,26-,28+,29-,31-/m1/s1. The van der Waals surface area contributed by atoms with Crippen molar-refractivity contribution in [2.24, 2.45) is 11.8 Å². The topological polar surface area (TPSA) is 67.4 Å². The van der Waals surface area contributed by atoms with E-state index in [4.69, 9.17) is 0 Å². The van der Waals surface area contributed by atoms with Gasteiger partial charge in [0.1, 0.15) is 17.7 Å². The van der Waals surface area contributed by atoms with Gasteiger partial charge in [-0.25, -0.2) is 8.78 Å². The van der Waals surface area contributed by atoms with Gasteiger partial charge in [-0.05, 0) is 77.5 Å². The van der Waals surface area contributed by atoms with Gasteiger partial charge in [-0.2, -0.15) is 0 Å². The average Bonchev–Trinajstić information content (AvgIpc) is 3.60. The molecule has 4 aliphatic rings. The maximum atomic E-state index is 15.2. The second-order valence-corrected chi connectivity index (χ2v) is 14.8. The molecule has 0 bridgehead atoms. The lowest BCUT2D eigenvalue weighted by Gasteiger charge is -2.39. The van der Waals surface area contributed by atoms with Gasteiger partial charge in [0.2, 0.25) is 17.7 Å². The largest absolute Gasteiger partial charge is 0.338 e. The van der Waals surface area contributed by atoms with Crippen LogP contribution in [0.4, 0.5) is 8.78 Å². The van der Waals surface area contributed by atoms with Crippen LogP contribution in [0.1, 0.15) is 78.2 Å². The van der Waals surface area contributed by atoms with Crippen molar-refractivity contribution >= 4 is 17.7 Å². The molecule has 0 spiro atoms. The smallest absolute Gasteiger partial charge is 0.245 e. The van der Waals surface area contributed by atoms with E-state index >= 15 is 4.39 Å². The third kappa shape index (κ3) is 6.81. The fourth-order valence-electron chi connectivity index (χ4n) is 8.00. The predicted octanol–water partition coefficient (Wildman–Crippen LogP) is 3.95. The Morgan fingerprint density at radius 1 is 0.886 bits per heavy atom. The Morgan fingerprint density at radius 2 is 1.55 bits per heavy atom. The van der Waals surface area contributed by atoms with Crippen LogP contribution in [0.15, 0.2) is 18.2 Å². The number of likely N-dealkylation sites (tertiary alicyclic amines) is 2. The maximum Gasteiger partial charge on any atom is 0.245 e. The van der Waals surface area contributed by atoms with Crippen molar-refractivity contribution in [1.29, 1.82) is 0 Å². The first-order valence-electron chi connectivity index (χ1n) is 16.5. The second-order valence-electron chi connectivity index (χ2n) is 14.8. The highest BCUT2D eigenvalue weighted by Gasteiger charge is 2.51. The Balaban J connectivity index is 1.47. The lowest BCUT2D eigenvalue weighted by Crippen LogP contribution is -2.54. The van der Waals surface area contributed by atoms with Gasteiger partial charge in [0.25, 0.3) is 0 Å². The van der Waals surface area contributed by atoms with Crippen LogP contribution < -0.4 is 0 Å². The molecule has 3 saturated heterocycles. The normalized spacial score (nSPS) is 30.5. The third-order valence-corrected chi connectivity index (χ3v) is 10.7. The number of likely N-dealkylation sites (N-methyl/N-ethyl adjacent to an activating group) is 1. The minimum Gasteiger partial charge on any atom is -0.338 e. The highest BCUT2D eigenvalue weighted by atomic mass is 19.1. The van der Waals surface area contributed by atoms with Crippen molar-refractivity contribution in [3.8, 4) is 0 Å². The zero-order chi connectivity index (χ0) is 31.9. The molecule has 1 aromatic rings. The molecule has 1 saturated carbocycles. The maximum absolute atomic E-state index is 15.2. The molecule has 0 unspecified atom stereocenters. The zero-order valence-electron chi connectivity index (χ0n) is 27.4. The Kier molecular flexibility index (Phi) is 9.71. The highest BCUT2D eigenvalue weighted by molar-refractivity contribution is 5.90. The summed E-state index contributed by atoms with van der Waals surface area (Å²) in [6, 6.07) is 2.77. The summed E-state index contributed by atoms with van der Waals surface area (Å²) in [6.45, 7) is 13.9. The molecule has 8 nitrogen and oxygen atoms in total. The lowest BCUT2D eigenvalue weighted by atomic mass is 9.86. The molecule has 0 N–H and O–H groups in total. The number of hydrogen-bond donors (Lipinski definition) is 0. The Labute approximate surface area is 261 Å². The van der Waals surface area contributed by atoms with Crippen molar-refractivity contribution in [2.45, 2.75) is 96.3 Å². The molecule has 1 aliphatic carbocycles. The minimum atomic E-state index is -0.678. The van der Waals surface area contributed by atoms with Crippen LogP contribution in [0.25, 0.3) is 0 Å². The first-order valence-corrected chi connectivity index (χ1v) is 16.5. The van der Waals surface area contributed by atoms with Gasteiger partial charge < -0.3 is 19.6 Å². The van der Waals surface area contributed by atoms with Crippen LogP contribution in [0.3, 0.4) is 0 Å². The summed E-state index contributed by atoms with van der Waals surface area (Å²) in [6.07, 6.45) is 4.38. The van der Waals surface area contributed by atoms with Crippen molar-refractivity contribution in [2.75, 3.05) is 52.9 Å². The number of piperazine rings is 1. The molecule has 44 heavy (non-hydrogen) atoms. The quantitative estimate of drug-likeness (QED) is 0.502. The third-order valence-electron chi connectivity index (χ3n) is 10.7. The van der Waals surface area contributed by atoms with Crippen molar-refractivity contribution in [3.63, 3.8) is 0 Å². The van der Waals surface area contributed by atoms with E-state index in [1.807, 2.05) is 16.8 Å². The van der Waals surface area contributed by atoms with Crippen LogP contribution in [-0.4, -0.2) is 119 Å². The average molecular weight is 616 g/mol. The van der Waals surface area contributed by atoms with E-state index in [0.717, 1.165) is 44.8 Å². The molecule has 0 radical (unpaired) electrons. The van der Waals surface area contributed by atoms with Gasteiger partial charge in [0.15, 0.2) is 0 Å². The van der Waals surface area contributed by atoms with Crippen LogP contribution in [0.2, 0.25) is 0 Å². The summed E-state index contributed by atoms with van der Waals surface area (Å²) >= 11 is 0. The number of amides is 3. The van der Waals surface area contributed by atoms with E-state index in [0.29, 0.717) is 50.6 Å². The van der Waals surface area contributed by atoms with Crippen LogP contribution in [0.5, 0.6) is 0 Å². The van der Waals surface area contributed by atoms with Crippen molar-refractivity contribution < 1.29 is 23.2 Å². The van der Waals surface area contributed by atoms with E-state index in [1.54, 1.807) is 11.8 Å². The van der Waals surface area contributed by atoms with Gasteiger partial charge in [-0.1, -0.05) is 13.0 Å². The van der Waals surface area contributed by atoms with Crippen molar-refractivity contribution in [3.05, 3.63) is 35.4 Å². The summed E-state index contributed by atoms with van der Waals surface area (Å²) in [5.74, 6) is -2.01. The number of hydrogen-bond acceptors (Lipinski definition) is 5. The molecular formula is C34H51F2N5O3. The van der Waals surface area contributed by atoms with E-state index in [2.05, 4.69) is 37.5 Å².